The second kappa shape index (κ2) is 14.7. The quantitative estimate of drug-likeness (QED) is 0.161. The van der Waals surface area contributed by atoms with Crippen molar-refractivity contribution in [3.63, 3.8) is 0 Å². The Morgan fingerprint density at radius 3 is 2.49 bits per heavy atom. The first-order chi connectivity index (χ1) is 24.7. The average Bonchev–Trinajstić information content (AvgIpc) is 3.75. The van der Waals surface area contributed by atoms with E-state index in [0.29, 0.717) is 65.0 Å². The number of ether oxygens (including phenoxy) is 2. The second-order valence-electron chi connectivity index (χ2n) is 13.2. The number of fused-ring (bicyclic) bond motifs is 3. The summed E-state index contributed by atoms with van der Waals surface area (Å²) in [7, 11) is 1.58. The maximum absolute atomic E-state index is 13.6. The van der Waals surface area contributed by atoms with Gasteiger partial charge in [-0.1, -0.05) is 31.0 Å². The SMILES string of the molecule is COc1cc2c(cc1OCCCCCCN1CCN(C(=O)c3nc(-c4ccc(C(F)(F)F)cc4)n4ccccc34)CC1)N=C[C@@H]1CCCN1C2=O. The van der Waals surface area contributed by atoms with Crippen LogP contribution in [0.1, 0.15) is 64.9 Å². The van der Waals surface area contributed by atoms with E-state index in [0.717, 1.165) is 76.8 Å². The molecule has 7 rings (SSSR count). The lowest BCUT2D eigenvalue weighted by atomic mass is 10.1. The van der Waals surface area contributed by atoms with Crippen molar-refractivity contribution in [2.75, 3.05) is 53.0 Å². The van der Waals surface area contributed by atoms with E-state index in [1.807, 2.05) is 23.2 Å². The highest BCUT2D eigenvalue weighted by molar-refractivity contribution is 6.03. The van der Waals surface area contributed by atoms with Gasteiger partial charge in [-0.25, -0.2) is 4.98 Å². The Bertz CT molecular complexity index is 1920. The van der Waals surface area contributed by atoms with Crippen LogP contribution < -0.4 is 9.47 Å². The Balaban J connectivity index is 0.862. The van der Waals surface area contributed by atoms with Gasteiger partial charge in [0.2, 0.25) is 0 Å². The Morgan fingerprint density at radius 2 is 1.73 bits per heavy atom. The lowest BCUT2D eigenvalue weighted by Crippen LogP contribution is -2.49. The first-order valence-corrected chi connectivity index (χ1v) is 17.6. The van der Waals surface area contributed by atoms with Crippen LogP contribution in [-0.2, 0) is 6.18 Å². The number of aromatic nitrogens is 2. The van der Waals surface area contributed by atoms with Gasteiger partial charge in [0.15, 0.2) is 17.2 Å². The summed E-state index contributed by atoms with van der Waals surface area (Å²) < 4.78 is 52.7. The molecule has 0 spiro atoms. The third-order valence-corrected chi connectivity index (χ3v) is 9.97. The van der Waals surface area contributed by atoms with E-state index in [4.69, 9.17) is 9.47 Å². The smallest absolute Gasteiger partial charge is 0.416 e. The third kappa shape index (κ3) is 7.30. The lowest BCUT2D eigenvalue weighted by molar-refractivity contribution is -0.137. The normalized spacial score (nSPS) is 17.8. The molecule has 2 fully saturated rings. The zero-order valence-electron chi connectivity index (χ0n) is 28.6. The molecule has 3 aliphatic heterocycles. The maximum Gasteiger partial charge on any atom is 0.416 e. The summed E-state index contributed by atoms with van der Waals surface area (Å²) in [5.74, 6) is 1.36. The molecule has 268 valence electrons. The number of halogens is 3. The van der Waals surface area contributed by atoms with E-state index < -0.39 is 11.7 Å². The van der Waals surface area contributed by atoms with Gasteiger partial charge in [-0.2, -0.15) is 13.2 Å². The molecule has 0 unspecified atom stereocenters. The van der Waals surface area contributed by atoms with Crippen LogP contribution in [0.25, 0.3) is 16.9 Å². The molecule has 2 saturated heterocycles. The minimum atomic E-state index is -4.43. The topological polar surface area (TPSA) is 92.0 Å². The van der Waals surface area contributed by atoms with Gasteiger partial charge in [-0.3, -0.25) is 23.9 Å². The van der Waals surface area contributed by atoms with Gasteiger partial charge in [-0.05, 0) is 62.6 Å². The molecular weight excluding hydrogens is 661 g/mol. The molecule has 0 aliphatic carbocycles. The molecule has 5 heterocycles. The number of piperazine rings is 1. The van der Waals surface area contributed by atoms with Crippen molar-refractivity contribution in [1.82, 2.24) is 24.1 Å². The fourth-order valence-corrected chi connectivity index (χ4v) is 7.12. The van der Waals surface area contributed by atoms with Crippen molar-refractivity contribution in [2.24, 2.45) is 4.99 Å². The summed E-state index contributed by atoms with van der Waals surface area (Å²) in [5, 5.41) is 0. The number of amides is 2. The van der Waals surface area contributed by atoms with Gasteiger partial charge < -0.3 is 19.3 Å². The number of hydrogen-bond donors (Lipinski definition) is 0. The molecule has 0 N–H and O–H groups in total. The highest BCUT2D eigenvalue weighted by Gasteiger charge is 2.33. The Hall–Kier alpha value is -4.91. The molecule has 0 bridgehead atoms. The third-order valence-electron chi connectivity index (χ3n) is 9.97. The number of carbonyl (C=O) groups is 2. The molecule has 13 heteroatoms. The largest absolute Gasteiger partial charge is 0.493 e. The summed E-state index contributed by atoms with van der Waals surface area (Å²) in [6, 6.07) is 13.9. The van der Waals surface area contributed by atoms with E-state index in [9.17, 15) is 22.8 Å². The first kappa shape index (κ1) is 34.5. The zero-order chi connectivity index (χ0) is 35.5. The van der Waals surface area contributed by atoms with Gasteiger partial charge in [-0.15, -0.1) is 0 Å². The van der Waals surface area contributed by atoms with Crippen LogP contribution in [0.5, 0.6) is 11.5 Å². The number of benzene rings is 2. The fraction of sp³-hybridized carbons (Fsp3) is 0.421. The highest BCUT2D eigenvalue weighted by Crippen LogP contribution is 2.38. The predicted molar refractivity (Wildman–Crippen MR) is 187 cm³/mol. The second-order valence-corrected chi connectivity index (χ2v) is 13.2. The summed E-state index contributed by atoms with van der Waals surface area (Å²) in [4.78, 5) is 42.0. The molecule has 2 amide bonds. The van der Waals surface area contributed by atoms with Gasteiger partial charge >= 0.3 is 6.18 Å². The zero-order valence-corrected chi connectivity index (χ0v) is 28.6. The average molecular weight is 703 g/mol. The minimum Gasteiger partial charge on any atom is -0.493 e. The van der Waals surface area contributed by atoms with Crippen molar-refractivity contribution in [3.8, 4) is 22.9 Å². The van der Waals surface area contributed by atoms with E-state index >= 15 is 0 Å². The molecule has 2 aromatic carbocycles. The van der Waals surface area contributed by atoms with Crippen molar-refractivity contribution in [3.05, 3.63) is 77.6 Å². The number of carbonyl (C=O) groups excluding carboxylic acids is 2. The number of alkyl halides is 3. The molecule has 3 aliphatic rings. The Kier molecular flexibility index (Phi) is 9.99. The van der Waals surface area contributed by atoms with Crippen LogP contribution in [0.15, 0.2) is 65.8 Å². The van der Waals surface area contributed by atoms with E-state index in [1.54, 1.807) is 40.8 Å². The molecule has 0 radical (unpaired) electrons. The molecule has 4 aromatic rings. The predicted octanol–water partition coefficient (Wildman–Crippen LogP) is 6.75. The Labute approximate surface area is 294 Å². The summed E-state index contributed by atoms with van der Waals surface area (Å²) in [6.07, 6.45) is 5.10. The lowest BCUT2D eigenvalue weighted by Gasteiger charge is -2.34. The molecular formula is C38H41F3N6O4. The number of rotatable bonds is 11. The standard InChI is InChI=1S/C38H41F3N6O4/c1-50-32-23-29-30(42-25-28-9-8-17-46(28)36(29)48)24-33(32)51-22-7-3-2-5-15-44-18-20-45(21-19-44)37(49)34-31-10-4-6-16-47(31)35(43-34)26-11-13-27(14-12-26)38(39,40)41/h4,6,10-14,16,23-25,28H,2-3,5,7-9,15,17-22H2,1H3/t28-/m0/s1. The van der Waals surface area contributed by atoms with Crippen molar-refractivity contribution < 1.29 is 32.2 Å². The van der Waals surface area contributed by atoms with Gasteiger partial charge in [0.05, 0.1) is 42.1 Å². The molecule has 2 aromatic heterocycles. The van der Waals surface area contributed by atoms with Crippen LogP contribution >= 0.6 is 0 Å². The fourth-order valence-electron chi connectivity index (χ4n) is 7.12. The monoisotopic (exact) mass is 702 g/mol. The van der Waals surface area contributed by atoms with E-state index in [1.165, 1.54) is 12.1 Å². The summed E-state index contributed by atoms with van der Waals surface area (Å²) in [6.45, 7) is 4.89. The number of aliphatic imine (C=N–C) groups is 1. The van der Waals surface area contributed by atoms with Crippen LogP contribution in [-0.4, -0.2) is 101 Å². The molecule has 1 atom stereocenters. The van der Waals surface area contributed by atoms with Crippen molar-refractivity contribution in [2.45, 2.75) is 50.7 Å². The Morgan fingerprint density at radius 1 is 0.941 bits per heavy atom. The van der Waals surface area contributed by atoms with Crippen LogP contribution in [0.3, 0.4) is 0 Å². The minimum absolute atomic E-state index is 0.0111. The van der Waals surface area contributed by atoms with Crippen molar-refractivity contribution in [1.29, 1.82) is 0 Å². The summed E-state index contributed by atoms with van der Waals surface area (Å²) in [5.41, 5.74) is 1.85. The number of methoxy groups -OCH3 is 1. The van der Waals surface area contributed by atoms with Gasteiger partial charge in [0.1, 0.15) is 5.82 Å². The number of unbranched alkanes of at least 4 members (excludes halogenated alkanes) is 3. The molecule has 10 nitrogen and oxygen atoms in total. The van der Waals surface area contributed by atoms with Crippen LogP contribution in [0.4, 0.5) is 18.9 Å². The number of hydrogen-bond acceptors (Lipinski definition) is 7. The maximum atomic E-state index is 13.6. The van der Waals surface area contributed by atoms with Gasteiger partial charge in [0, 0.05) is 56.8 Å². The number of pyridine rings is 1. The first-order valence-electron chi connectivity index (χ1n) is 17.6. The highest BCUT2D eigenvalue weighted by atomic mass is 19.4. The van der Waals surface area contributed by atoms with E-state index in [2.05, 4.69) is 14.9 Å². The summed E-state index contributed by atoms with van der Waals surface area (Å²) >= 11 is 0. The number of nitrogens with zero attached hydrogens (tertiary/aromatic N) is 6. The number of imidazole rings is 1. The molecule has 0 saturated carbocycles. The van der Waals surface area contributed by atoms with Crippen LogP contribution in [0.2, 0.25) is 0 Å². The van der Waals surface area contributed by atoms with Crippen LogP contribution in [0, 0.1) is 0 Å². The molecule has 51 heavy (non-hydrogen) atoms. The van der Waals surface area contributed by atoms with Crippen molar-refractivity contribution >= 4 is 29.2 Å². The van der Waals surface area contributed by atoms with Gasteiger partial charge in [0.25, 0.3) is 11.8 Å². The van der Waals surface area contributed by atoms with E-state index in [-0.39, 0.29) is 17.9 Å².